The number of H-pyrrole nitrogens is 1. The fraction of sp³-hybridized carbons (Fsp3) is 0.200. The summed E-state index contributed by atoms with van der Waals surface area (Å²) in [6.45, 7) is 3.33. The number of aryl methyl sites for hydroxylation is 3. The van der Waals surface area contributed by atoms with Crippen molar-refractivity contribution in [1.82, 2.24) is 20.0 Å². The summed E-state index contributed by atoms with van der Waals surface area (Å²) in [7, 11) is -1.97. The first-order valence-electron chi connectivity index (χ1n) is 7.02. The molecule has 0 spiro atoms. The second-order valence-corrected chi connectivity index (χ2v) is 6.88. The highest BCUT2D eigenvalue weighted by Crippen LogP contribution is 2.29. The van der Waals surface area contributed by atoms with Gasteiger partial charge >= 0.3 is 0 Å². The van der Waals surface area contributed by atoms with E-state index < -0.39 is 10.0 Å². The SMILES string of the molecule is Cc1n[nH]c(C)c1S(=O)(=O)Nc1cnn(C)c1-c1ccccc1. The number of hydrogen-bond acceptors (Lipinski definition) is 4. The van der Waals surface area contributed by atoms with Crippen LogP contribution in [0.15, 0.2) is 41.4 Å². The van der Waals surface area contributed by atoms with Crippen molar-refractivity contribution in [1.29, 1.82) is 0 Å². The Labute approximate surface area is 134 Å². The van der Waals surface area contributed by atoms with Gasteiger partial charge < -0.3 is 0 Å². The first-order chi connectivity index (χ1) is 10.9. The summed E-state index contributed by atoms with van der Waals surface area (Å²) in [5, 5.41) is 10.8. The Morgan fingerprint density at radius 1 is 1.17 bits per heavy atom. The van der Waals surface area contributed by atoms with Crippen LogP contribution in [0, 0.1) is 13.8 Å². The van der Waals surface area contributed by atoms with Gasteiger partial charge in [0.1, 0.15) is 4.90 Å². The molecule has 0 unspecified atom stereocenters. The topological polar surface area (TPSA) is 92.7 Å². The van der Waals surface area contributed by atoms with E-state index in [1.165, 1.54) is 6.20 Å². The second-order valence-electron chi connectivity index (χ2n) is 5.27. The van der Waals surface area contributed by atoms with Gasteiger partial charge in [-0.3, -0.25) is 14.5 Å². The molecule has 0 saturated carbocycles. The van der Waals surface area contributed by atoms with Crippen molar-refractivity contribution in [2.24, 2.45) is 7.05 Å². The Hall–Kier alpha value is -2.61. The lowest BCUT2D eigenvalue weighted by atomic mass is 10.1. The molecular weight excluding hydrogens is 314 g/mol. The van der Waals surface area contributed by atoms with E-state index in [9.17, 15) is 8.42 Å². The zero-order chi connectivity index (χ0) is 16.6. The van der Waals surface area contributed by atoms with E-state index in [0.29, 0.717) is 22.8 Å². The average molecular weight is 331 g/mol. The summed E-state index contributed by atoms with van der Waals surface area (Å²) in [6, 6.07) is 9.50. The van der Waals surface area contributed by atoms with E-state index in [1.807, 2.05) is 30.3 Å². The third-order valence-corrected chi connectivity index (χ3v) is 5.19. The summed E-state index contributed by atoms with van der Waals surface area (Å²) in [6.07, 6.45) is 1.50. The fourth-order valence-electron chi connectivity index (χ4n) is 2.58. The first-order valence-corrected chi connectivity index (χ1v) is 8.50. The molecule has 0 saturated heterocycles. The van der Waals surface area contributed by atoms with Crippen LogP contribution < -0.4 is 4.72 Å². The van der Waals surface area contributed by atoms with Crippen molar-refractivity contribution in [3.8, 4) is 11.3 Å². The van der Waals surface area contributed by atoms with Gasteiger partial charge in [0.25, 0.3) is 10.0 Å². The van der Waals surface area contributed by atoms with Crippen LogP contribution in [0.5, 0.6) is 0 Å². The molecule has 0 radical (unpaired) electrons. The van der Waals surface area contributed by atoms with Gasteiger partial charge in [0, 0.05) is 12.6 Å². The Kier molecular flexibility index (Phi) is 3.69. The molecule has 3 aromatic rings. The normalized spacial score (nSPS) is 11.6. The largest absolute Gasteiger partial charge is 0.281 e. The van der Waals surface area contributed by atoms with Crippen molar-refractivity contribution in [3.63, 3.8) is 0 Å². The second kappa shape index (κ2) is 5.54. The summed E-state index contributed by atoms with van der Waals surface area (Å²) in [5.74, 6) is 0. The van der Waals surface area contributed by atoms with Gasteiger partial charge in [-0.05, 0) is 13.8 Å². The lowest BCUT2D eigenvalue weighted by molar-refractivity contribution is 0.600. The summed E-state index contributed by atoms with van der Waals surface area (Å²) in [5.41, 5.74) is 2.94. The molecule has 0 atom stereocenters. The molecular formula is C15H17N5O2S. The highest BCUT2D eigenvalue weighted by Gasteiger charge is 2.24. The summed E-state index contributed by atoms with van der Waals surface area (Å²) in [4.78, 5) is 0.167. The van der Waals surface area contributed by atoms with Crippen molar-refractivity contribution >= 4 is 15.7 Å². The van der Waals surface area contributed by atoms with E-state index in [4.69, 9.17) is 0 Å². The molecule has 0 aliphatic carbocycles. The molecule has 23 heavy (non-hydrogen) atoms. The van der Waals surface area contributed by atoms with Crippen molar-refractivity contribution in [2.45, 2.75) is 18.7 Å². The monoisotopic (exact) mass is 331 g/mol. The fourth-order valence-corrected chi connectivity index (χ4v) is 4.01. The number of nitrogens with one attached hydrogen (secondary N) is 2. The summed E-state index contributed by atoms with van der Waals surface area (Å²) >= 11 is 0. The number of nitrogens with zero attached hydrogens (tertiary/aromatic N) is 3. The number of aromatic amines is 1. The van der Waals surface area contributed by atoms with Crippen LogP contribution in [0.25, 0.3) is 11.3 Å². The third kappa shape index (κ3) is 2.72. The Bertz CT molecular complexity index is 922. The zero-order valence-electron chi connectivity index (χ0n) is 13.0. The number of rotatable bonds is 4. The van der Waals surface area contributed by atoms with Crippen LogP contribution in [0.4, 0.5) is 5.69 Å². The van der Waals surface area contributed by atoms with Crippen molar-refractivity contribution < 1.29 is 8.42 Å². The molecule has 120 valence electrons. The highest BCUT2D eigenvalue weighted by atomic mass is 32.2. The van der Waals surface area contributed by atoms with Gasteiger partial charge in [-0.25, -0.2) is 8.42 Å². The zero-order valence-corrected chi connectivity index (χ0v) is 13.8. The molecule has 0 fully saturated rings. The minimum Gasteiger partial charge on any atom is -0.281 e. The predicted octanol–water partition coefficient (Wildman–Crippen LogP) is 2.23. The van der Waals surface area contributed by atoms with E-state index in [1.54, 1.807) is 25.6 Å². The lowest BCUT2D eigenvalue weighted by Gasteiger charge is -2.10. The smallest absolute Gasteiger partial charge is 0.265 e. The molecule has 1 aromatic carbocycles. The molecule has 8 heteroatoms. The van der Waals surface area contributed by atoms with E-state index in [2.05, 4.69) is 20.0 Å². The van der Waals surface area contributed by atoms with Gasteiger partial charge in [-0.15, -0.1) is 0 Å². The average Bonchev–Trinajstić information content (AvgIpc) is 3.02. The Morgan fingerprint density at radius 2 is 1.87 bits per heavy atom. The van der Waals surface area contributed by atoms with Crippen molar-refractivity contribution in [3.05, 3.63) is 47.9 Å². The van der Waals surface area contributed by atoms with E-state index in [0.717, 1.165) is 5.56 Å². The standard InChI is InChI=1S/C15H17N5O2S/c1-10-15(11(2)18-17-10)23(21,22)19-13-9-16-20(3)14(13)12-7-5-4-6-8-12/h4-9,19H,1-3H3,(H,17,18). The molecule has 2 N–H and O–H groups in total. The predicted molar refractivity (Wildman–Crippen MR) is 87.5 cm³/mol. The molecule has 3 rings (SSSR count). The minimum absolute atomic E-state index is 0.167. The number of anilines is 1. The lowest BCUT2D eigenvalue weighted by Crippen LogP contribution is -2.15. The van der Waals surface area contributed by atoms with Crippen LogP contribution in [-0.4, -0.2) is 28.4 Å². The van der Waals surface area contributed by atoms with Crippen LogP contribution >= 0.6 is 0 Å². The van der Waals surface area contributed by atoms with Gasteiger partial charge in [0.15, 0.2) is 0 Å². The maximum absolute atomic E-state index is 12.7. The minimum atomic E-state index is -3.75. The quantitative estimate of drug-likeness (QED) is 0.767. The molecule has 0 aliphatic rings. The number of benzene rings is 1. The third-order valence-electron chi connectivity index (χ3n) is 3.56. The molecule has 0 bridgehead atoms. The molecule has 2 heterocycles. The molecule has 0 aliphatic heterocycles. The molecule has 2 aromatic heterocycles. The highest BCUT2D eigenvalue weighted by molar-refractivity contribution is 7.92. The van der Waals surface area contributed by atoms with Crippen LogP contribution in [0.1, 0.15) is 11.4 Å². The Morgan fingerprint density at radius 3 is 2.48 bits per heavy atom. The van der Waals surface area contributed by atoms with Gasteiger partial charge in [-0.2, -0.15) is 10.2 Å². The van der Waals surface area contributed by atoms with E-state index >= 15 is 0 Å². The van der Waals surface area contributed by atoms with Crippen LogP contribution in [0.2, 0.25) is 0 Å². The van der Waals surface area contributed by atoms with Crippen LogP contribution in [0.3, 0.4) is 0 Å². The van der Waals surface area contributed by atoms with Crippen molar-refractivity contribution in [2.75, 3.05) is 4.72 Å². The Balaban J connectivity index is 2.05. The number of sulfonamides is 1. The number of aromatic nitrogens is 4. The van der Waals surface area contributed by atoms with E-state index in [-0.39, 0.29) is 4.90 Å². The molecule has 7 nitrogen and oxygen atoms in total. The maximum Gasteiger partial charge on any atom is 0.265 e. The van der Waals surface area contributed by atoms with Crippen LogP contribution in [-0.2, 0) is 17.1 Å². The number of hydrogen-bond donors (Lipinski definition) is 2. The van der Waals surface area contributed by atoms with Gasteiger partial charge in [-0.1, -0.05) is 30.3 Å². The molecule has 0 amide bonds. The maximum atomic E-state index is 12.7. The first kappa shape index (κ1) is 15.3. The van der Waals surface area contributed by atoms with Gasteiger partial charge in [0.2, 0.25) is 0 Å². The summed E-state index contributed by atoms with van der Waals surface area (Å²) < 4.78 is 29.6. The van der Waals surface area contributed by atoms with Gasteiger partial charge in [0.05, 0.1) is 29.0 Å².